The van der Waals surface area contributed by atoms with E-state index in [1.807, 2.05) is 24.3 Å². The Morgan fingerprint density at radius 3 is 2.81 bits per heavy atom. The van der Waals surface area contributed by atoms with Crippen molar-refractivity contribution in [1.29, 1.82) is 0 Å². The summed E-state index contributed by atoms with van der Waals surface area (Å²) in [7, 11) is 1.64. The van der Waals surface area contributed by atoms with Gasteiger partial charge in [-0.15, -0.1) is 0 Å². The van der Waals surface area contributed by atoms with E-state index in [-0.39, 0.29) is 0 Å². The van der Waals surface area contributed by atoms with E-state index in [1.165, 1.54) is 11.4 Å². The molecule has 0 amide bonds. The molecule has 7 heteroatoms. The van der Waals surface area contributed by atoms with Gasteiger partial charge in [-0.2, -0.15) is 5.10 Å². The number of hydrogen-bond acceptors (Lipinski definition) is 4. The molecule has 0 radical (unpaired) electrons. The van der Waals surface area contributed by atoms with Gasteiger partial charge in [0.15, 0.2) is 5.11 Å². The quantitative estimate of drug-likeness (QED) is 0.451. The van der Waals surface area contributed by atoms with Crippen molar-refractivity contribution >= 4 is 29.2 Å². The van der Waals surface area contributed by atoms with Crippen molar-refractivity contribution in [1.82, 2.24) is 9.99 Å². The first kappa shape index (κ1) is 19.4. The average Bonchev–Trinajstić information content (AvgIpc) is 3.26. The van der Waals surface area contributed by atoms with Crippen LogP contribution in [0.1, 0.15) is 29.8 Å². The first-order chi connectivity index (χ1) is 13.1. The maximum absolute atomic E-state index is 5.76. The number of anilines is 1. The maximum atomic E-state index is 5.76. The van der Waals surface area contributed by atoms with Gasteiger partial charge >= 0.3 is 0 Å². The number of nitrogens with one attached hydrogen (secondary N) is 2. The summed E-state index contributed by atoms with van der Waals surface area (Å²) in [6, 6.07) is 9.67. The van der Waals surface area contributed by atoms with Gasteiger partial charge in [-0.3, -0.25) is 5.43 Å². The lowest BCUT2D eigenvalue weighted by molar-refractivity contribution is 0.0962. The fraction of sp³-hybridized carbons (Fsp3) is 0.400. The summed E-state index contributed by atoms with van der Waals surface area (Å²) in [5, 5.41) is 7.79. The Balaban J connectivity index is 1.56. The molecule has 0 aliphatic carbocycles. The standard InChI is InChI=1S/C20H26N4O2S/c1-14-11-16(15(2)24(14)13-19-5-4-10-26-19)12-21-23-20(27)22-17-6-8-18(25-3)9-7-17/h6-9,11-12,19H,4-5,10,13H2,1-3H3,(H2,22,23,27)/b21-12-/t19-/m0/s1. The highest BCUT2D eigenvalue weighted by Crippen LogP contribution is 2.19. The first-order valence-electron chi connectivity index (χ1n) is 9.09. The normalized spacial score (nSPS) is 16.6. The van der Waals surface area contributed by atoms with Crippen molar-refractivity contribution in [3.05, 3.63) is 47.3 Å². The Hall–Kier alpha value is -2.38. The molecule has 3 rings (SSSR count). The maximum Gasteiger partial charge on any atom is 0.191 e. The van der Waals surface area contributed by atoms with E-state index in [9.17, 15) is 0 Å². The van der Waals surface area contributed by atoms with Crippen LogP contribution in [0.15, 0.2) is 35.4 Å². The predicted octanol–water partition coefficient (Wildman–Crippen LogP) is 3.61. The smallest absolute Gasteiger partial charge is 0.191 e. The third-order valence-electron chi connectivity index (χ3n) is 4.74. The Morgan fingerprint density at radius 1 is 1.37 bits per heavy atom. The number of hydrogen-bond donors (Lipinski definition) is 2. The van der Waals surface area contributed by atoms with Gasteiger partial charge in [0, 0.05) is 35.8 Å². The van der Waals surface area contributed by atoms with Gasteiger partial charge in [0.05, 0.1) is 19.4 Å². The van der Waals surface area contributed by atoms with Crippen LogP contribution in [0.4, 0.5) is 5.69 Å². The number of methoxy groups -OCH3 is 1. The second-order valence-electron chi connectivity index (χ2n) is 6.62. The van der Waals surface area contributed by atoms with Crippen molar-refractivity contribution < 1.29 is 9.47 Å². The fourth-order valence-corrected chi connectivity index (χ4v) is 3.40. The molecule has 0 unspecified atom stereocenters. The summed E-state index contributed by atoms with van der Waals surface area (Å²) in [6.45, 7) is 6.00. The van der Waals surface area contributed by atoms with Gasteiger partial charge < -0.3 is 19.4 Å². The molecular formula is C20H26N4O2S. The lowest BCUT2D eigenvalue weighted by Gasteiger charge is -2.14. The fourth-order valence-electron chi connectivity index (χ4n) is 3.23. The molecule has 1 fully saturated rings. The topological polar surface area (TPSA) is 59.8 Å². The van der Waals surface area contributed by atoms with E-state index in [2.05, 4.69) is 40.3 Å². The van der Waals surface area contributed by atoms with E-state index in [1.54, 1.807) is 13.3 Å². The van der Waals surface area contributed by atoms with Gasteiger partial charge in [-0.05, 0) is 69.2 Å². The number of aromatic nitrogens is 1. The molecule has 27 heavy (non-hydrogen) atoms. The summed E-state index contributed by atoms with van der Waals surface area (Å²) in [5.74, 6) is 0.802. The highest BCUT2D eigenvalue weighted by atomic mass is 32.1. The molecule has 2 N–H and O–H groups in total. The molecule has 1 aromatic heterocycles. The molecule has 1 saturated heterocycles. The minimum atomic E-state index is 0.319. The molecule has 6 nitrogen and oxygen atoms in total. The van der Waals surface area contributed by atoms with Crippen molar-refractivity contribution in [2.24, 2.45) is 5.10 Å². The Kier molecular flexibility index (Phi) is 6.47. The summed E-state index contributed by atoms with van der Waals surface area (Å²) in [5.41, 5.74) is 7.20. The van der Waals surface area contributed by atoms with E-state index < -0.39 is 0 Å². The average molecular weight is 387 g/mol. The van der Waals surface area contributed by atoms with Crippen LogP contribution in [-0.2, 0) is 11.3 Å². The third-order valence-corrected chi connectivity index (χ3v) is 4.93. The third kappa shape index (κ3) is 5.08. The number of benzene rings is 1. The molecular weight excluding hydrogens is 360 g/mol. The van der Waals surface area contributed by atoms with Crippen LogP contribution < -0.4 is 15.5 Å². The minimum absolute atomic E-state index is 0.319. The molecule has 1 aliphatic rings. The van der Waals surface area contributed by atoms with Gasteiger partial charge in [-0.25, -0.2) is 0 Å². The van der Waals surface area contributed by atoms with Gasteiger partial charge in [0.2, 0.25) is 0 Å². The highest BCUT2D eigenvalue weighted by Gasteiger charge is 2.18. The van der Waals surface area contributed by atoms with Gasteiger partial charge in [0.1, 0.15) is 5.75 Å². The number of aryl methyl sites for hydroxylation is 1. The number of ether oxygens (including phenoxy) is 2. The second-order valence-corrected chi connectivity index (χ2v) is 7.03. The lowest BCUT2D eigenvalue weighted by Crippen LogP contribution is -2.23. The van der Waals surface area contributed by atoms with Crippen molar-refractivity contribution in [2.75, 3.05) is 19.0 Å². The SMILES string of the molecule is COc1ccc(NC(=S)N/N=C\c2cc(C)n(C[C@@H]3CCCO3)c2C)cc1. The molecule has 1 aliphatic heterocycles. The van der Waals surface area contributed by atoms with Crippen molar-refractivity contribution in [3.8, 4) is 5.75 Å². The number of hydrazone groups is 1. The highest BCUT2D eigenvalue weighted by molar-refractivity contribution is 7.80. The zero-order valence-corrected chi connectivity index (χ0v) is 16.8. The second kappa shape index (κ2) is 9.01. The van der Waals surface area contributed by atoms with Crippen LogP contribution in [-0.4, -0.2) is 35.7 Å². The summed E-state index contributed by atoms with van der Waals surface area (Å²) in [4.78, 5) is 0. The van der Waals surface area contributed by atoms with Gasteiger partial charge in [0.25, 0.3) is 0 Å². The summed E-state index contributed by atoms with van der Waals surface area (Å²) in [6.07, 6.45) is 4.41. The Morgan fingerprint density at radius 2 is 2.15 bits per heavy atom. The number of rotatable bonds is 6. The zero-order valence-electron chi connectivity index (χ0n) is 16.0. The first-order valence-corrected chi connectivity index (χ1v) is 9.50. The van der Waals surface area contributed by atoms with Crippen LogP contribution in [0, 0.1) is 13.8 Å². The van der Waals surface area contributed by atoms with Crippen LogP contribution in [0.3, 0.4) is 0 Å². The van der Waals surface area contributed by atoms with Crippen LogP contribution in [0.25, 0.3) is 0 Å². The summed E-state index contributed by atoms with van der Waals surface area (Å²) >= 11 is 5.28. The molecule has 0 saturated carbocycles. The largest absolute Gasteiger partial charge is 0.497 e. The van der Waals surface area contributed by atoms with E-state index in [4.69, 9.17) is 21.7 Å². The molecule has 0 spiro atoms. The molecule has 2 aromatic rings. The van der Waals surface area contributed by atoms with E-state index in [0.29, 0.717) is 11.2 Å². The monoisotopic (exact) mass is 386 g/mol. The van der Waals surface area contributed by atoms with E-state index in [0.717, 1.165) is 43.0 Å². The number of nitrogens with zero attached hydrogens (tertiary/aromatic N) is 2. The van der Waals surface area contributed by atoms with Crippen LogP contribution in [0.5, 0.6) is 5.75 Å². The van der Waals surface area contributed by atoms with E-state index >= 15 is 0 Å². The molecule has 0 bridgehead atoms. The molecule has 1 atom stereocenters. The molecule has 144 valence electrons. The Bertz CT molecular complexity index is 808. The van der Waals surface area contributed by atoms with Crippen LogP contribution in [0.2, 0.25) is 0 Å². The van der Waals surface area contributed by atoms with Crippen molar-refractivity contribution in [2.45, 2.75) is 39.3 Å². The zero-order chi connectivity index (χ0) is 19.2. The van der Waals surface area contributed by atoms with Crippen molar-refractivity contribution in [3.63, 3.8) is 0 Å². The predicted molar refractivity (Wildman–Crippen MR) is 113 cm³/mol. The molecule has 2 heterocycles. The number of thiocarbonyl (C=S) groups is 1. The molecule has 1 aromatic carbocycles. The summed E-state index contributed by atoms with van der Waals surface area (Å²) < 4.78 is 13.2. The van der Waals surface area contributed by atoms with Gasteiger partial charge in [-0.1, -0.05) is 0 Å². The van der Waals surface area contributed by atoms with Crippen LogP contribution >= 0.6 is 12.2 Å². The lowest BCUT2D eigenvalue weighted by atomic mass is 10.2. The Labute approximate surface area is 165 Å². The minimum Gasteiger partial charge on any atom is -0.497 e.